The molecule has 0 spiro atoms. The van der Waals surface area contributed by atoms with Gasteiger partial charge < -0.3 is 10.4 Å². The van der Waals surface area contributed by atoms with Gasteiger partial charge in [0.25, 0.3) is 0 Å². The molecule has 5 heteroatoms. The zero-order chi connectivity index (χ0) is 13.1. The van der Waals surface area contributed by atoms with E-state index in [4.69, 9.17) is 5.11 Å². The molecule has 0 aromatic rings. The lowest BCUT2D eigenvalue weighted by molar-refractivity contribution is -0.144. The molecule has 17 heavy (non-hydrogen) atoms. The van der Waals surface area contributed by atoms with Crippen molar-refractivity contribution in [1.82, 2.24) is 10.6 Å². The van der Waals surface area contributed by atoms with Gasteiger partial charge in [-0.15, -0.1) is 0 Å². The van der Waals surface area contributed by atoms with Gasteiger partial charge in [0, 0.05) is 6.54 Å². The van der Waals surface area contributed by atoms with Gasteiger partial charge in [-0.3, -0.25) is 10.1 Å². The third kappa shape index (κ3) is 3.43. The molecular weight excluding hydrogens is 220 g/mol. The minimum atomic E-state index is -1.16. The van der Waals surface area contributed by atoms with E-state index in [0.29, 0.717) is 12.5 Å². The number of nitrogens with one attached hydrogen (secondary N) is 2. The maximum atomic E-state index is 11.6. The van der Waals surface area contributed by atoms with Crippen LogP contribution in [0.3, 0.4) is 0 Å². The molecule has 1 rings (SSSR count). The first-order valence-corrected chi connectivity index (χ1v) is 6.06. The molecule has 1 saturated carbocycles. The highest BCUT2D eigenvalue weighted by molar-refractivity contribution is 6.01. The van der Waals surface area contributed by atoms with Crippen LogP contribution in [-0.2, 0) is 9.59 Å². The highest BCUT2D eigenvalue weighted by Crippen LogP contribution is 2.41. The van der Waals surface area contributed by atoms with E-state index in [9.17, 15) is 9.59 Å². The van der Waals surface area contributed by atoms with E-state index < -0.39 is 17.9 Å². The van der Waals surface area contributed by atoms with E-state index >= 15 is 0 Å². The van der Waals surface area contributed by atoms with E-state index in [2.05, 4.69) is 24.5 Å². The predicted molar refractivity (Wildman–Crippen MR) is 64.6 cm³/mol. The maximum absolute atomic E-state index is 11.6. The van der Waals surface area contributed by atoms with E-state index in [1.807, 2.05) is 0 Å². The number of likely N-dealkylation sites (N-methyl/N-ethyl adjacent to an activating group) is 1. The summed E-state index contributed by atoms with van der Waals surface area (Å²) in [6, 6.07) is -1.16. The van der Waals surface area contributed by atoms with Gasteiger partial charge in [0.2, 0.25) is 5.91 Å². The van der Waals surface area contributed by atoms with E-state index in [1.165, 1.54) is 26.3 Å². The van der Waals surface area contributed by atoms with Gasteiger partial charge in [-0.2, -0.15) is 0 Å². The Labute approximate surface area is 102 Å². The Morgan fingerprint density at radius 1 is 1.41 bits per heavy atom. The summed E-state index contributed by atoms with van der Waals surface area (Å²) in [7, 11) is 1.47. The van der Waals surface area contributed by atoms with E-state index in [0.717, 1.165) is 0 Å². The van der Waals surface area contributed by atoms with Crippen molar-refractivity contribution in [2.45, 2.75) is 39.2 Å². The highest BCUT2D eigenvalue weighted by Gasteiger charge is 2.35. The number of carbonyl (C=O) groups excluding carboxylic acids is 1. The van der Waals surface area contributed by atoms with Gasteiger partial charge in [0.05, 0.1) is 0 Å². The van der Waals surface area contributed by atoms with Crippen molar-refractivity contribution >= 4 is 11.9 Å². The quantitative estimate of drug-likeness (QED) is 0.596. The largest absolute Gasteiger partial charge is 0.480 e. The second-order valence-electron chi connectivity index (χ2n) is 5.39. The molecule has 5 nitrogen and oxygen atoms in total. The lowest BCUT2D eigenvalue weighted by Gasteiger charge is -2.40. The number of carboxylic acids is 1. The lowest BCUT2D eigenvalue weighted by Crippen LogP contribution is -2.51. The summed E-state index contributed by atoms with van der Waals surface area (Å²) in [4.78, 5) is 22.4. The number of rotatable bonds is 6. The second-order valence-corrected chi connectivity index (χ2v) is 5.39. The molecule has 1 amide bonds. The first-order chi connectivity index (χ1) is 7.88. The standard InChI is InChI=1S/C12H22N2O3/c1-12(2,8-5-4-6-8)7-14-10(15)9(13-3)11(16)17/h8-9,13H,4-7H2,1-3H3,(H,14,15)(H,16,17). The van der Waals surface area contributed by atoms with Crippen LogP contribution in [-0.4, -0.2) is 36.6 Å². The molecule has 98 valence electrons. The van der Waals surface area contributed by atoms with Crippen LogP contribution in [0.2, 0.25) is 0 Å². The smallest absolute Gasteiger partial charge is 0.330 e. The Bertz CT molecular complexity index is 298. The molecule has 3 N–H and O–H groups in total. The van der Waals surface area contributed by atoms with Gasteiger partial charge in [-0.25, -0.2) is 4.79 Å². The Balaban J connectivity index is 2.43. The minimum absolute atomic E-state index is 0.0463. The Morgan fingerprint density at radius 3 is 2.35 bits per heavy atom. The van der Waals surface area contributed by atoms with Crippen LogP contribution in [0.15, 0.2) is 0 Å². The fourth-order valence-electron chi connectivity index (χ4n) is 2.12. The molecule has 1 aliphatic rings. The second kappa shape index (κ2) is 5.49. The highest BCUT2D eigenvalue weighted by atomic mass is 16.4. The minimum Gasteiger partial charge on any atom is -0.480 e. The SMILES string of the molecule is CNC(C(=O)O)C(=O)NCC(C)(C)C1CCC1. The lowest BCUT2D eigenvalue weighted by atomic mass is 9.67. The van der Waals surface area contributed by atoms with Crippen molar-refractivity contribution in [1.29, 1.82) is 0 Å². The van der Waals surface area contributed by atoms with Crippen molar-refractivity contribution < 1.29 is 14.7 Å². The van der Waals surface area contributed by atoms with Crippen LogP contribution >= 0.6 is 0 Å². The van der Waals surface area contributed by atoms with Gasteiger partial charge in [-0.1, -0.05) is 20.3 Å². The molecule has 1 atom stereocenters. The van der Waals surface area contributed by atoms with Crippen molar-refractivity contribution in [3.05, 3.63) is 0 Å². The number of hydrogen-bond donors (Lipinski definition) is 3. The summed E-state index contributed by atoms with van der Waals surface area (Å²) in [5.41, 5.74) is 0.0463. The zero-order valence-corrected chi connectivity index (χ0v) is 10.7. The third-order valence-electron chi connectivity index (χ3n) is 3.73. The molecule has 0 heterocycles. The predicted octanol–water partition coefficient (Wildman–Crippen LogP) is 0.601. The molecule has 1 fully saturated rings. The third-order valence-corrected chi connectivity index (χ3v) is 3.73. The van der Waals surface area contributed by atoms with Crippen LogP contribution < -0.4 is 10.6 Å². The van der Waals surface area contributed by atoms with E-state index in [-0.39, 0.29) is 5.41 Å². The van der Waals surface area contributed by atoms with Gasteiger partial charge >= 0.3 is 5.97 Å². The van der Waals surface area contributed by atoms with E-state index in [1.54, 1.807) is 0 Å². The van der Waals surface area contributed by atoms with Crippen LogP contribution in [0, 0.1) is 11.3 Å². The summed E-state index contributed by atoms with van der Waals surface area (Å²) in [5.74, 6) is -0.973. The van der Waals surface area contributed by atoms with Gasteiger partial charge in [0.15, 0.2) is 6.04 Å². The zero-order valence-electron chi connectivity index (χ0n) is 10.7. The number of hydrogen-bond acceptors (Lipinski definition) is 3. The summed E-state index contributed by atoms with van der Waals surface area (Å²) in [6.07, 6.45) is 3.67. The van der Waals surface area contributed by atoms with Crippen LogP contribution in [0.25, 0.3) is 0 Å². The monoisotopic (exact) mass is 242 g/mol. The fraction of sp³-hybridized carbons (Fsp3) is 0.833. The molecule has 0 bridgehead atoms. The van der Waals surface area contributed by atoms with Crippen molar-refractivity contribution in [3.63, 3.8) is 0 Å². The number of amides is 1. The van der Waals surface area contributed by atoms with Crippen molar-refractivity contribution in [2.24, 2.45) is 11.3 Å². The van der Waals surface area contributed by atoms with Gasteiger partial charge in [-0.05, 0) is 31.2 Å². The molecule has 0 aliphatic heterocycles. The molecule has 0 aromatic heterocycles. The summed E-state index contributed by atoms with van der Waals surface area (Å²) in [6.45, 7) is 4.76. The molecule has 0 aromatic carbocycles. The Kier molecular flexibility index (Phi) is 4.51. The molecule has 1 aliphatic carbocycles. The number of carboxylic acid groups (broad SMARTS) is 1. The summed E-state index contributed by atoms with van der Waals surface area (Å²) in [5, 5.41) is 14.0. The summed E-state index contributed by atoms with van der Waals surface area (Å²) >= 11 is 0. The Morgan fingerprint density at radius 2 is 2.00 bits per heavy atom. The average molecular weight is 242 g/mol. The first kappa shape index (κ1) is 14.0. The molecule has 0 saturated heterocycles. The van der Waals surface area contributed by atoms with Crippen LogP contribution in [0.5, 0.6) is 0 Å². The Hall–Kier alpha value is -1.10. The fourth-order valence-corrected chi connectivity index (χ4v) is 2.12. The number of carbonyl (C=O) groups is 2. The van der Waals surface area contributed by atoms with Crippen LogP contribution in [0.1, 0.15) is 33.1 Å². The average Bonchev–Trinajstić information content (AvgIpc) is 2.11. The van der Waals surface area contributed by atoms with Crippen LogP contribution in [0.4, 0.5) is 0 Å². The number of aliphatic carboxylic acids is 1. The normalized spacial score (nSPS) is 18.3. The van der Waals surface area contributed by atoms with Crippen molar-refractivity contribution in [3.8, 4) is 0 Å². The van der Waals surface area contributed by atoms with Gasteiger partial charge in [0.1, 0.15) is 0 Å². The molecular formula is C12H22N2O3. The molecule has 0 radical (unpaired) electrons. The molecule has 1 unspecified atom stereocenters. The maximum Gasteiger partial charge on any atom is 0.330 e. The topological polar surface area (TPSA) is 78.4 Å². The van der Waals surface area contributed by atoms with Crippen molar-refractivity contribution in [2.75, 3.05) is 13.6 Å². The first-order valence-electron chi connectivity index (χ1n) is 6.06. The summed E-state index contributed by atoms with van der Waals surface area (Å²) < 4.78 is 0.